The van der Waals surface area contributed by atoms with Crippen LogP contribution in [0.5, 0.6) is 5.75 Å². The van der Waals surface area contributed by atoms with Crippen molar-refractivity contribution in [3.8, 4) is 5.75 Å². The summed E-state index contributed by atoms with van der Waals surface area (Å²) in [5, 5.41) is 2.84. The third kappa shape index (κ3) is 9.30. The molecule has 0 saturated carbocycles. The van der Waals surface area contributed by atoms with E-state index in [-0.39, 0.29) is 26.0 Å². The Morgan fingerprint density at radius 2 is 1.75 bits per heavy atom. The fraction of sp³-hybridized carbons (Fsp3) is 0.462. The summed E-state index contributed by atoms with van der Waals surface area (Å²) in [6, 6.07) is 14.9. The Morgan fingerprint density at radius 3 is 2.29 bits per heavy atom. The molecule has 1 aliphatic heterocycles. The Hall–Kier alpha value is -4.53. The van der Waals surface area contributed by atoms with E-state index in [0.29, 0.717) is 5.76 Å². The summed E-state index contributed by atoms with van der Waals surface area (Å²) in [6.45, 7) is 19.0. The number of nitrogens with one attached hydrogen (secondary N) is 1. The zero-order valence-electron chi connectivity index (χ0n) is 30.0. The number of carbonyl (C=O) groups is 3. The molecule has 0 radical (unpaired) electrons. The first-order valence-electron chi connectivity index (χ1n) is 16.6. The average Bonchev–Trinajstić information content (AvgIpc) is 3.49. The summed E-state index contributed by atoms with van der Waals surface area (Å²) in [5.74, 6) is 0.172. The lowest BCUT2D eigenvalue weighted by Gasteiger charge is -2.32. The Kier molecular flexibility index (Phi) is 13.1. The van der Waals surface area contributed by atoms with Crippen molar-refractivity contribution in [1.82, 2.24) is 10.2 Å². The molecule has 2 aromatic rings. The number of likely N-dealkylation sites (tertiary alicyclic amines) is 1. The average molecular weight is 661 g/mol. The fourth-order valence-electron chi connectivity index (χ4n) is 5.57. The van der Waals surface area contributed by atoms with Gasteiger partial charge in [-0.05, 0) is 95.4 Å². The molecule has 3 unspecified atom stereocenters. The summed E-state index contributed by atoms with van der Waals surface area (Å²) in [7, 11) is 1.62. The van der Waals surface area contributed by atoms with Crippen molar-refractivity contribution in [1.29, 1.82) is 0 Å². The molecule has 2 aromatic carbocycles. The molecule has 0 spiro atoms. The SMILES string of the molecule is C=CC(CC)(NC(=O)C1CC(OC(=CC(=C(C)CC)c2ccccc2)c2ccc(OC)cc2C)CN1C(=O)OC(C)(C)C)C(=O)OCC. The van der Waals surface area contributed by atoms with Crippen molar-refractivity contribution in [2.24, 2.45) is 0 Å². The summed E-state index contributed by atoms with van der Waals surface area (Å²) >= 11 is 0. The Labute approximate surface area is 286 Å². The number of allylic oxidation sites excluding steroid dienone is 3. The molecule has 9 heteroatoms. The molecule has 1 saturated heterocycles. The van der Waals surface area contributed by atoms with Gasteiger partial charge in [0.25, 0.3) is 0 Å². The van der Waals surface area contributed by atoms with E-state index >= 15 is 0 Å². The second-order valence-corrected chi connectivity index (χ2v) is 13.0. The van der Waals surface area contributed by atoms with E-state index in [1.165, 1.54) is 16.5 Å². The first kappa shape index (κ1) is 37.9. The fourth-order valence-corrected chi connectivity index (χ4v) is 5.57. The van der Waals surface area contributed by atoms with Crippen LogP contribution in [-0.2, 0) is 23.8 Å². The largest absolute Gasteiger partial charge is 0.497 e. The Balaban J connectivity index is 2.10. The number of amides is 2. The van der Waals surface area contributed by atoms with Gasteiger partial charge in [0.1, 0.15) is 29.3 Å². The second-order valence-electron chi connectivity index (χ2n) is 13.0. The van der Waals surface area contributed by atoms with Gasteiger partial charge < -0.3 is 24.3 Å². The predicted octanol–water partition coefficient (Wildman–Crippen LogP) is 7.64. The minimum atomic E-state index is -1.45. The van der Waals surface area contributed by atoms with Gasteiger partial charge in [0.15, 0.2) is 5.54 Å². The van der Waals surface area contributed by atoms with Gasteiger partial charge in [-0.15, -0.1) is 6.58 Å². The van der Waals surface area contributed by atoms with Crippen LogP contribution >= 0.6 is 0 Å². The van der Waals surface area contributed by atoms with Crippen LogP contribution in [0.25, 0.3) is 11.3 Å². The van der Waals surface area contributed by atoms with E-state index < -0.39 is 41.3 Å². The maximum Gasteiger partial charge on any atom is 0.411 e. The van der Waals surface area contributed by atoms with E-state index in [1.54, 1.807) is 41.7 Å². The minimum Gasteiger partial charge on any atom is -0.497 e. The van der Waals surface area contributed by atoms with Crippen LogP contribution in [0.3, 0.4) is 0 Å². The van der Waals surface area contributed by atoms with Crippen LogP contribution in [0, 0.1) is 6.92 Å². The van der Waals surface area contributed by atoms with Crippen molar-refractivity contribution in [3.63, 3.8) is 0 Å². The Bertz CT molecular complexity index is 1520. The Morgan fingerprint density at radius 1 is 1.06 bits per heavy atom. The summed E-state index contributed by atoms with van der Waals surface area (Å²) < 4.78 is 23.3. The number of aryl methyl sites for hydroxylation is 1. The number of esters is 1. The second kappa shape index (κ2) is 16.5. The molecular formula is C39H52N2O7. The van der Waals surface area contributed by atoms with Crippen LogP contribution in [0.15, 0.2) is 72.8 Å². The number of hydrogen-bond acceptors (Lipinski definition) is 7. The van der Waals surface area contributed by atoms with Crippen molar-refractivity contribution < 1.29 is 33.3 Å². The molecule has 9 nitrogen and oxygen atoms in total. The highest BCUT2D eigenvalue weighted by atomic mass is 16.6. The molecule has 48 heavy (non-hydrogen) atoms. The molecule has 260 valence electrons. The number of nitrogens with zero attached hydrogens (tertiary/aromatic N) is 1. The van der Waals surface area contributed by atoms with Crippen molar-refractivity contribution >= 4 is 29.3 Å². The first-order chi connectivity index (χ1) is 22.7. The third-order valence-corrected chi connectivity index (χ3v) is 8.43. The maximum absolute atomic E-state index is 14.0. The van der Waals surface area contributed by atoms with Crippen molar-refractivity contribution in [2.75, 3.05) is 20.3 Å². The van der Waals surface area contributed by atoms with E-state index in [0.717, 1.165) is 34.4 Å². The number of ether oxygens (including phenoxy) is 4. The van der Waals surface area contributed by atoms with Gasteiger partial charge in [-0.1, -0.05) is 55.8 Å². The minimum absolute atomic E-state index is 0.0866. The van der Waals surface area contributed by atoms with Gasteiger partial charge >= 0.3 is 12.1 Å². The van der Waals surface area contributed by atoms with Gasteiger partial charge in [0.2, 0.25) is 5.91 Å². The van der Waals surface area contributed by atoms with Crippen LogP contribution in [-0.4, -0.2) is 66.4 Å². The van der Waals surface area contributed by atoms with Gasteiger partial charge in [-0.25, -0.2) is 9.59 Å². The zero-order valence-corrected chi connectivity index (χ0v) is 30.0. The highest BCUT2D eigenvalue weighted by Crippen LogP contribution is 2.34. The van der Waals surface area contributed by atoms with Crippen LogP contribution in [0.4, 0.5) is 4.79 Å². The summed E-state index contributed by atoms with van der Waals surface area (Å²) in [5.41, 5.74) is 2.77. The van der Waals surface area contributed by atoms with E-state index in [9.17, 15) is 14.4 Å². The predicted molar refractivity (Wildman–Crippen MR) is 189 cm³/mol. The smallest absolute Gasteiger partial charge is 0.411 e. The van der Waals surface area contributed by atoms with Crippen LogP contribution in [0.1, 0.15) is 84.4 Å². The quantitative estimate of drug-likeness (QED) is 0.102. The lowest BCUT2D eigenvalue weighted by molar-refractivity contribution is -0.151. The molecule has 0 aromatic heterocycles. The topological polar surface area (TPSA) is 103 Å². The van der Waals surface area contributed by atoms with Gasteiger partial charge in [-0.2, -0.15) is 0 Å². The zero-order chi connectivity index (χ0) is 35.6. The molecule has 3 atom stereocenters. The molecule has 3 rings (SSSR count). The highest BCUT2D eigenvalue weighted by Gasteiger charge is 2.46. The lowest BCUT2D eigenvalue weighted by Crippen LogP contribution is -2.58. The number of carbonyl (C=O) groups excluding carboxylic acids is 3. The number of rotatable bonds is 13. The molecular weight excluding hydrogens is 608 g/mol. The molecule has 1 heterocycles. The summed E-state index contributed by atoms with van der Waals surface area (Å²) in [4.78, 5) is 41.9. The third-order valence-electron chi connectivity index (χ3n) is 8.43. The normalized spacial score (nSPS) is 18.3. The lowest BCUT2D eigenvalue weighted by atomic mass is 9.95. The number of methoxy groups -OCH3 is 1. The van der Waals surface area contributed by atoms with Gasteiger partial charge in [0.05, 0.1) is 20.3 Å². The standard InChI is InChI=1S/C39H52N2O7/c1-11-26(5)32(28-18-16-15-17-19-28)24-34(31-21-20-29(45-10)22-27(31)6)47-30-23-33(41(25-30)37(44)48-38(7,8)9)35(42)40-39(12-2,13-3)36(43)46-14-4/h12,15-22,24,30,33H,2,11,13-14,23,25H2,1,3-10H3,(H,40,42). The van der Waals surface area contributed by atoms with E-state index in [2.05, 4.69) is 37.9 Å². The van der Waals surface area contributed by atoms with E-state index in [1.807, 2.05) is 49.4 Å². The van der Waals surface area contributed by atoms with Gasteiger partial charge in [0, 0.05) is 12.0 Å². The van der Waals surface area contributed by atoms with Gasteiger partial charge in [-0.3, -0.25) is 9.69 Å². The van der Waals surface area contributed by atoms with Crippen molar-refractivity contribution in [3.05, 3.63) is 89.5 Å². The van der Waals surface area contributed by atoms with Crippen LogP contribution < -0.4 is 10.1 Å². The molecule has 0 bridgehead atoms. The molecule has 1 fully saturated rings. The van der Waals surface area contributed by atoms with Crippen molar-refractivity contribution in [2.45, 2.75) is 97.9 Å². The van der Waals surface area contributed by atoms with E-state index in [4.69, 9.17) is 18.9 Å². The monoisotopic (exact) mass is 660 g/mol. The number of benzene rings is 2. The summed E-state index contributed by atoms with van der Waals surface area (Å²) in [6.07, 6.45) is 3.39. The molecule has 0 aliphatic carbocycles. The number of hydrogen-bond donors (Lipinski definition) is 1. The maximum atomic E-state index is 14.0. The molecule has 1 aliphatic rings. The molecule has 2 amide bonds. The van der Waals surface area contributed by atoms with Crippen LogP contribution in [0.2, 0.25) is 0 Å². The highest BCUT2D eigenvalue weighted by molar-refractivity contribution is 5.93. The molecule has 1 N–H and O–H groups in total. The first-order valence-corrected chi connectivity index (χ1v) is 16.6.